The van der Waals surface area contributed by atoms with Gasteiger partial charge in [-0.15, -0.1) is 11.3 Å². The van der Waals surface area contributed by atoms with Crippen LogP contribution in [0.15, 0.2) is 35.8 Å². The van der Waals surface area contributed by atoms with Gasteiger partial charge in [0.15, 0.2) is 0 Å². The first-order chi connectivity index (χ1) is 35.9. The van der Waals surface area contributed by atoms with E-state index in [1.54, 1.807) is 7.11 Å². The number of methoxy groups -OCH3 is 1. The largest absolute Gasteiger partial charge is 0.464 e. The van der Waals surface area contributed by atoms with E-state index >= 15 is 4.79 Å². The first-order valence-corrected chi connectivity index (χ1v) is 28.1. The molecular formula is C55H75N9O9S. The number of hydrogen-bond acceptors (Lipinski definition) is 16. The van der Waals surface area contributed by atoms with Crippen LogP contribution in [0.25, 0.3) is 33.4 Å². The number of fused-ring (bicyclic) bond motifs is 6. The Morgan fingerprint density at radius 1 is 0.973 bits per heavy atom. The van der Waals surface area contributed by atoms with Gasteiger partial charge in [-0.05, 0) is 75.6 Å². The predicted octanol–water partition coefficient (Wildman–Crippen LogP) is 5.53. The molecule has 9 heterocycles. The molecule has 74 heavy (non-hydrogen) atoms. The number of piperazine rings is 1. The van der Waals surface area contributed by atoms with Crippen LogP contribution in [0, 0.1) is 11.3 Å². The summed E-state index contributed by atoms with van der Waals surface area (Å²) in [5.74, 6) is -1.11. The van der Waals surface area contributed by atoms with E-state index in [0.717, 1.165) is 95.4 Å². The third-order valence-electron chi connectivity index (χ3n) is 16.3. The van der Waals surface area contributed by atoms with Crippen LogP contribution in [0.2, 0.25) is 0 Å². The fourth-order valence-corrected chi connectivity index (χ4v) is 12.8. The molecule has 0 spiro atoms. The Morgan fingerprint density at radius 2 is 1.76 bits per heavy atom. The second-order valence-corrected chi connectivity index (χ2v) is 23.2. The number of carbonyl (C=O) groups excluding carboxylic acids is 3. The molecule has 400 valence electrons. The minimum Gasteiger partial charge on any atom is -0.464 e. The van der Waals surface area contributed by atoms with E-state index in [1.807, 2.05) is 13.1 Å². The van der Waals surface area contributed by atoms with E-state index in [4.69, 9.17) is 38.4 Å². The summed E-state index contributed by atoms with van der Waals surface area (Å²) < 4.78 is 38.8. The molecule has 2 amide bonds. The first-order valence-electron chi connectivity index (χ1n) is 27.2. The standard InChI is InChI=1S/C55H75N9O9S/c1-34-31-72-50(34)51(65)58-47-49(62-19-24-70-25-20-62)52-57-44(32-74-52)36-8-11-45-40(27-36)42(29-55(3,4)33-73-54(67)43-7-6-14-64(59-43)53(47)66)48(63(45)21-26-71-39-12-22-69-23-13-39)41-28-38(30-56-46(41)35(2)68-5)61-17-15-60(16-18-61)37-9-10-37/h8,11,27-28,30,32,34-35,37,39,43,47,49-50,59H,6-7,9-10,12-26,29,31,33H2,1-5H3,(H,58,65)/t34-,35-,43-,47-,49-,50+/m0/s1. The number of benzene rings is 1. The van der Waals surface area contributed by atoms with E-state index < -0.39 is 35.6 Å². The highest BCUT2D eigenvalue weighted by Crippen LogP contribution is 2.44. The minimum atomic E-state index is -1.06. The highest BCUT2D eigenvalue weighted by molar-refractivity contribution is 7.10. The molecule has 1 saturated carbocycles. The summed E-state index contributed by atoms with van der Waals surface area (Å²) >= 11 is 1.49. The maximum atomic E-state index is 15.1. The van der Waals surface area contributed by atoms with Crippen molar-refractivity contribution in [3.05, 3.63) is 52.1 Å². The van der Waals surface area contributed by atoms with Gasteiger partial charge >= 0.3 is 5.97 Å². The van der Waals surface area contributed by atoms with Crippen molar-refractivity contribution in [3.63, 3.8) is 0 Å². The number of nitrogens with zero attached hydrogens (tertiary/aromatic N) is 7. The number of morpholine rings is 1. The van der Waals surface area contributed by atoms with Crippen LogP contribution < -0.4 is 15.6 Å². The summed E-state index contributed by atoms with van der Waals surface area (Å²) in [4.78, 5) is 61.5. The van der Waals surface area contributed by atoms with Gasteiger partial charge in [-0.2, -0.15) is 0 Å². The average Bonchev–Trinajstić information content (AvgIpc) is 4.09. The van der Waals surface area contributed by atoms with Crippen LogP contribution >= 0.6 is 11.3 Å². The predicted molar refractivity (Wildman–Crippen MR) is 281 cm³/mol. The lowest BCUT2D eigenvalue weighted by Gasteiger charge is -2.42. The van der Waals surface area contributed by atoms with Gasteiger partial charge in [-0.1, -0.05) is 26.8 Å². The van der Waals surface area contributed by atoms with Crippen LogP contribution in [-0.4, -0.2) is 177 Å². The molecule has 19 heteroatoms. The average molecular weight is 1040 g/mol. The van der Waals surface area contributed by atoms with Crippen molar-refractivity contribution in [2.45, 2.75) is 122 Å². The van der Waals surface area contributed by atoms with Gasteiger partial charge in [0, 0.05) is 117 Å². The summed E-state index contributed by atoms with van der Waals surface area (Å²) in [6, 6.07) is 7.19. The molecule has 1 aliphatic carbocycles. The third-order valence-corrected chi connectivity index (χ3v) is 17.3. The highest BCUT2D eigenvalue weighted by atomic mass is 32.1. The second-order valence-electron chi connectivity index (χ2n) is 22.3. The molecule has 11 rings (SSSR count). The summed E-state index contributed by atoms with van der Waals surface area (Å²) in [6.07, 6.45) is 7.10. The molecule has 0 radical (unpaired) electrons. The summed E-state index contributed by atoms with van der Waals surface area (Å²) in [5.41, 5.74) is 10.5. The zero-order valence-corrected chi connectivity index (χ0v) is 44.7. The SMILES string of the molecule is CO[C@@H](C)c1ncc(N2CCN(C3CC3)CC2)cc1-c1c2c3cc(ccc3n1CCOC1CCOCC1)-c1csc(n1)[C@@H](N1CCOCC1)[C@H](NC(=O)[C@@H]1OC[C@@H]1C)C(=O)N1CCC[C@H](N1)C(=O)OCC(C)(C)C2. The topological polar surface area (TPSA) is 174 Å². The van der Waals surface area contributed by atoms with Crippen LogP contribution in [0.5, 0.6) is 0 Å². The number of cyclic esters (lactones) is 1. The van der Waals surface area contributed by atoms with Gasteiger partial charge in [0.05, 0.1) is 80.3 Å². The number of thiazole rings is 1. The van der Waals surface area contributed by atoms with Crippen molar-refractivity contribution >= 4 is 45.7 Å². The number of rotatable bonds is 12. The van der Waals surface area contributed by atoms with Gasteiger partial charge in [-0.25, -0.2) is 10.4 Å². The molecule has 2 N–H and O–H groups in total. The summed E-state index contributed by atoms with van der Waals surface area (Å²) in [5, 5.41) is 8.49. The Kier molecular flexibility index (Phi) is 15.4. The van der Waals surface area contributed by atoms with E-state index in [2.05, 4.69) is 80.4 Å². The van der Waals surface area contributed by atoms with Gasteiger partial charge in [0.25, 0.3) is 5.91 Å². The number of carbonyl (C=O) groups is 3. The van der Waals surface area contributed by atoms with Gasteiger partial charge in [0.1, 0.15) is 23.2 Å². The fraction of sp³-hybridized carbons (Fsp3) is 0.655. The van der Waals surface area contributed by atoms with E-state index in [1.165, 1.54) is 29.2 Å². The number of esters is 1. The van der Waals surface area contributed by atoms with E-state index in [0.29, 0.717) is 90.1 Å². The lowest BCUT2D eigenvalue weighted by atomic mass is 9.84. The van der Waals surface area contributed by atoms with Gasteiger partial charge < -0.3 is 43.2 Å². The number of aromatic nitrogens is 3. The van der Waals surface area contributed by atoms with Crippen molar-refractivity contribution in [1.29, 1.82) is 0 Å². The quantitative estimate of drug-likeness (QED) is 0.170. The molecule has 6 fully saturated rings. The number of hydrogen-bond donors (Lipinski definition) is 2. The Hall–Kier alpha value is -4.57. The molecule has 0 unspecified atom stereocenters. The van der Waals surface area contributed by atoms with E-state index in [9.17, 15) is 9.59 Å². The molecule has 4 aromatic rings. The fourth-order valence-electron chi connectivity index (χ4n) is 11.8. The molecule has 6 aliphatic heterocycles. The monoisotopic (exact) mass is 1040 g/mol. The summed E-state index contributed by atoms with van der Waals surface area (Å²) in [6.45, 7) is 17.7. The molecule has 6 atom stereocenters. The minimum absolute atomic E-state index is 0.00627. The lowest BCUT2D eigenvalue weighted by molar-refractivity contribution is -0.163. The second kappa shape index (κ2) is 22.2. The smallest absolute Gasteiger partial charge is 0.324 e. The van der Waals surface area contributed by atoms with Crippen molar-refractivity contribution in [3.8, 4) is 22.5 Å². The highest BCUT2D eigenvalue weighted by Gasteiger charge is 2.45. The normalized spacial score (nSPS) is 27.1. The number of hydrazine groups is 1. The first kappa shape index (κ1) is 51.5. The summed E-state index contributed by atoms with van der Waals surface area (Å²) in [7, 11) is 1.74. The Bertz CT molecular complexity index is 2650. The number of pyridine rings is 1. The zero-order chi connectivity index (χ0) is 51.1. The van der Waals surface area contributed by atoms with E-state index in [-0.39, 0.29) is 36.5 Å². The maximum Gasteiger partial charge on any atom is 0.324 e. The molecule has 5 saturated heterocycles. The van der Waals surface area contributed by atoms with Crippen LogP contribution in [-0.2, 0) is 55.8 Å². The van der Waals surface area contributed by atoms with Crippen molar-refractivity contribution in [1.82, 2.24) is 40.1 Å². The number of anilines is 1. The Labute approximate surface area is 438 Å². The molecule has 6 bridgehead atoms. The van der Waals surface area contributed by atoms with Crippen molar-refractivity contribution in [2.24, 2.45) is 11.3 Å². The molecule has 3 aromatic heterocycles. The third kappa shape index (κ3) is 10.9. The number of nitrogens with one attached hydrogen (secondary N) is 2. The van der Waals surface area contributed by atoms with Gasteiger partial charge in [0.2, 0.25) is 5.91 Å². The van der Waals surface area contributed by atoms with Gasteiger partial charge in [-0.3, -0.25) is 34.2 Å². The lowest BCUT2D eigenvalue weighted by Crippen LogP contribution is -2.64. The van der Waals surface area contributed by atoms with Crippen LogP contribution in [0.4, 0.5) is 5.69 Å². The maximum absolute atomic E-state index is 15.1. The number of amides is 2. The van der Waals surface area contributed by atoms with Crippen molar-refractivity contribution in [2.75, 3.05) is 104 Å². The molecule has 1 aromatic carbocycles. The molecule has 18 nitrogen and oxygen atoms in total. The zero-order valence-electron chi connectivity index (χ0n) is 43.9. The van der Waals surface area contributed by atoms with Crippen LogP contribution in [0.1, 0.15) is 94.6 Å². The molecular weight excluding hydrogens is 963 g/mol. The van der Waals surface area contributed by atoms with Crippen molar-refractivity contribution < 1.29 is 42.8 Å². The molecule has 7 aliphatic rings. The Morgan fingerprint density at radius 3 is 2.49 bits per heavy atom. The Balaban J connectivity index is 1.06. The van der Waals surface area contributed by atoms with Crippen LogP contribution in [0.3, 0.4) is 0 Å². The number of ether oxygens (including phenoxy) is 6.